The van der Waals surface area contributed by atoms with Gasteiger partial charge in [0.25, 0.3) is 0 Å². The maximum atomic E-state index is 12.6. The quantitative estimate of drug-likeness (QED) is 0.144. The predicted molar refractivity (Wildman–Crippen MR) is 187 cm³/mol. The molecule has 7 heteroatoms. The Labute approximate surface area is 265 Å². The van der Waals surface area contributed by atoms with Crippen molar-refractivity contribution in [1.82, 2.24) is 5.32 Å². The van der Waals surface area contributed by atoms with Gasteiger partial charge >= 0.3 is 0 Å². The van der Waals surface area contributed by atoms with E-state index in [2.05, 4.69) is 122 Å². The van der Waals surface area contributed by atoms with Crippen molar-refractivity contribution in [2.45, 2.75) is 135 Å². The number of nitrogens with one attached hydrogen (secondary N) is 1. The highest BCUT2D eigenvalue weighted by molar-refractivity contribution is 6.74. The fraction of sp³-hybridized carbons (Fsp3) is 0.639. The fourth-order valence-corrected chi connectivity index (χ4v) is 6.67. The molecular weight excluding hydrogens is 567 g/mol. The minimum absolute atomic E-state index is 0.0630. The maximum absolute atomic E-state index is 12.6. The van der Waals surface area contributed by atoms with Crippen LogP contribution in [0.5, 0.6) is 0 Å². The number of hydrogen-bond donors (Lipinski definition) is 2. The van der Waals surface area contributed by atoms with Gasteiger partial charge in [0.15, 0.2) is 16.6 Å². The molecule has 0 saturated carbocycles. The van der Waals surface area contributed by atoms with Crippen molar-refractivity contribution in [2.24, 2.45) is 0 Å². The zero-order chi connectivity index (χ0) is 32.5. The minimum atomic E-state index is -2.06. The second-order valence-electron chi connectivity index (χ2n) is 15.5. The Balaban J connectivity index is 2.14. The first-order valence-electron chi connectivity index (χ1n) is 16.1. The molecule has 0 saturated heterocycles. The van der Waals surface area contributed by atoms with E-state index in [0.717, 1.165) is 37.7 Å². The van der Waals surface area contributed by atoms with E-state index >= 15 is 0 Å². The van der Waals surface area contributed by atoms with Gasteiger partial charge in [-0.05, 0) is 85.1 Å². The summed E-state index contributed by atoms with van der Waals surface area (Å²) >= 11 is 0. The van der Waals surface area contributed by atoms with Gasteiger partial charge in [0.05, 0.1) is 24.9 Å². The van der Waals surface area contributed by atoms with Crippen LogP contribution in [0.3, 0.4) is 0 Å². The Hall–Kier alpha value is -1.78. The summed E-state index contributed by atoms with van der Waals surface area (Å²) in [5.74, 6) is -0.0663. The number of carbonyl (C=O) groups excluding carboxylic acids is 1. The van der Waals surface area contributed by atoms with E-state index in [1.165, 1.54) is 11.1 Å². The van der Waals surface area contributed by atoms with Crippen molar-refractivity contribution in [3.05, 3.63) is 71.3 Å². The number of carbonyl (C=O) groups is 1. The molecule has 1 unspecified atom stereocenters. The number of aliphatic hydroxyl groups is 1. The number of aryl methyl sites for hydroxylation is 2. The molecule has 2 rings (SSSR count). The third kappa shape index (κ3) is 11.9. The Kier molecular flexibility index (Phi) is 13.5. The number of benzene rings is 2. The van der Waals surface area contributed by atoms with Gasteiger partial charge in [0.1, 0.15) is 0 Å². The number of rotatable bonds is 16. The summed E-state index contributed by atoms with van der Waals surface area (Å²) in [5.41, 5.74) is 2.85. The molecule has 0 aliphatic heterocycles. The molecule has 2 N–H and O–H groups in total. The Bertz CT molecular complexity index is 1090. The molecule has 0 aliphatic carbocycles. The molecule has 5 nitrogen and oxygen atoms in total. The Morgan fingerprint density at radius 1 is 0.767 bits per heavy atom. The van der Waals surface area contributed by atoms with E-state index in [1.807, 2.05) is 6.07 Å². The summed E-state index contributed by atoms with van der Waals surface area (Å²) in [5, 5.41) is 14.2. The molecule has 2 aromatic rings. The standard InChI is InChI=1S/C36H61NO4Si2/c1-29(38)37-36(27-40-42(8,9)34(2,3)4,28-41-43(10,11)35(5,6)7)26-25-31-21-23-32(24-22-31)33(39)20-16-15-19-30-17-13-12-14-18-30/h12-14,17-18,21-24,33,39H,15-16,19-20,25-28H2,1-11H3,(H,37,38). The Morgan fingerprint density at radius 3 is 1.72 bits per heavy atom. The van der Waals surface area contributed by atoms with Gasteiger partial charge < -0.3 is 19.3 Å². The smallest absolute Gasteiger partial charge is 0.217 e. The number of aliphatic hydroxyl groups excluding tert-OH is 1. The zero-order valence-corrected chi connectivity index (χ0v) is 31.1. The second kappa shape index (κ2) is 15.5. The van der Waals surface area contributed by atoms with E-state index in [4.69, 9.17) is 8.85 Å². The van der Waals surface area contributed by atoms with Crippen LogP contribution >= 0.6 is 0 Å². The molecule has 43 heavy (non-hydrogen) atoms. The third-order valence-corrected chi connectivity index (χ3v) is 18.7. The lowest BCUT2D eigenvalue weighted by atomic mass is 9.92. The topological polar surface area (TPSA) is 67.8 Å². The minimum Gasteiger partial charge on any atom is -0.414 e. The highest BCUT2D eigenvalue weighted by Crippen LogP contribution is 2.39. The van der Waals surface area contributed by atoms with E-state index in [1.54, 1.807) is 6.92 Å². The lowest BCUT2D eigenvalue weighted by Gasteiger charge is -2.44. The van der Waals surface area contributed by atoms with Gasteiger partial charge in [-0.1, -0.05) is 103 Å². The van der Waals surface area contributed by atoms with Crippen LogP contribution in [-0.2, 0) is 26.5 Å². The summed E-state index contributed by atoms with van der Waals surface area (Å²) in [4.78, 5) is 12.6. The van der Waals surface area contributed by atoms with Crippen LogP contribution in [0.2, 0.25) is 36.3 Å². The first-order chi connectivity index (χ1) is 19.8. The molecule has 0 bridgehead atoms. The van der Waals surface area contributed by atoms with Crippen molar-refractivity contribution in [1.29, 1.82) is 0 Å². The van der Waals surface area contributed by atoms with Crippen molar-refractivity contribution in [3.63, 3.8) is 0 Å². The molecule has 1 atom stereocenters. The average Bonchev–Trinajstić information content (AvgIpc) is 2.91. The average molecular weight is 628 g/mol. The van der Waals surface area contributed by atoms with Crippen molar-refractivity contribution in [3.8, 4) is 0 Å². The maximum Gasteiger partial charge on any atom is 0.217 e. The van der Waals surface area contributed by atoms with Gasteiger partial charge in [0, 0.05) is 6.92 Å². The first kappa shape index (κ1) is 37.4. The van der Waals surface area contributed by atoms with E-state index in [0.29, 0.717) is 19.6 Å². The largest absolute Gasteiger partial charge is 0.414 e. The fourth-order valence-electron chi connectivity index (χ4n) is 4.53. The van der Waals surface area contributed by atoms with Crippen molar-refractivity contribution in [2.75, 3.05) is 13.2 Å². The lowest BCUT2D eigenvalue weighted by molar-refractivity contribution is -0.122. The predicted octanol–water partition coefficient (Wildman–Crippen LogP) is 8.98. The molecule has 242 valence electrons. The van der Waals surface area contributed by atoms with Crippen LogP contribution in [0.25, 0.3) is 0 Å². The summed E-state index contributed by atoms with van der Waals surface area (Å²) in [6.07, 6.45) is 4.87. The lowest BCUT2D eigenvalue weighted by Crippen LogP contribution is -2.59. The molecule has 0 radical (unpaired) electrons. The molecule has 0 aromatic heterocycles. The number of amides is 1. The summed E-state index contributed by atoms with van der Waals surface area (Å²) in [6, 6.07) is 18.9. The van der Waals surface area contributed by atoms with Gasteiger partial charge in [-0.25, -0.2) is 0 Å². The summed E-state index contributed by atoms with van der Waals surface area (Å²) in [7, 11) is -4.12. The molecule has 1 amide bonds. The molecule has 0 fully saturated rings. The van der Waals surface area contributed by atoms with E-state index in [9.17, 15) is 9.90 Å². The highest BCUT2D eigenvalue weighted by atomic mass is 28.4. The molecule has 0 aliphatic rings. The zero-order valence-electron chi connectivity index (χ0n) is 29.1. The molecule has 2 aromatic carbocycles. The van der Waals surface area contributed by atoms with Gasteiger partial charge in [0.2, 0.25) is 5.91 Å². The molecule has 0 heterocycles. The van der Waals surface area contributed by atoms with Crippen molar-refractivity contribution >= 4 is 22.5 Å². The van der Waals surface area contributed by atoms with Crippen LogP contribution in [0.15, 0.2) is 54.6 Å². The van der Waals surface area contributed by atoms with Crippen LogP contribution in [0, 0.1) is 0 Å². The number of hydrogen-bond acceptors (Lipinski definition) is 4. The van der Waals surface area contributed by atoms with Crippen LogP contribution in [0.4, 0.5) is 0 Å². The first-order valence-corrected chi connectivity index (χ1v) is 22.0. The summed E-state index contributed by atoms with van der Waals surface area (Å²) < 4.78 is 13.5. The van der Waals surface area contributed by atoms with E-state index in [-0.39, 0.29) is 16.0 Å². The second-order valence-corrected chi connectivity index (χ2v) is 25.2. The van der Waals surface area contributed by atoms with Crippen LogP contribution in [0.1, 0.15) is 96.9 Å². The number of unbranched alkanes of at least 4 members (excludes halogenated alkanes) is 1. The van der Waals surface area contributed by atoms with E-state index < -0.39 is 28.3 Å². The molecule has 0 spiro atoms. The van der Waals surface area contributed by atoms with Crippen LogP contribution < -0.4 is 5.32 Å². The van der Waals surface area contributed by atoms with Gasteiger partial charge in [-0.3, -0.25) is 4.79 Å². The SMILES string of the molecule is CC(=O)NC(CCc1ccc(C(O)CCCCc2ccccc2)cc1)(CO[Si](C)(C)C(C)(C)C)CO[Si](C)(C)C(C)(C)C. The highest BCUT2D eigenvalue weighted by Gasteiger charge is 2.44. The van der Waals surface area contributed by atoms with Gasteiger partial charge in [-0.15, -0.1) is 0 Å². The summed E-state index contributed by atoms with van der Waals surface area (Å²) in [6.45, 7) is 24.9. The molecular formula is C36H61NO4Si2. The monoisotopic (exact) mass is 627 g/mol. The van der Waals surface area contributed by atoms with Crippen LogP contribution in [-0.4, -0.2) is 46.4 Å². The Morgan fingerprint density at radius 2 is 1.26 bits per heavy atom. The van der Waals surface area contributed by atoms with Crippen molar-refractivity contribution < 1.29 is 18.8 Å². The third-order valence-electron chi connectivity index (χ3n) is 9.76. The normalized spacial score (nSPS) is 14.0. The van der Waals surface area contributed by atoms with Gasteiger partial charge in [-0.2, -0.15) is 0 Å².